The summed E-state index contributed by atoms with van der Waals surface area (Å²) in [5.41, 5.74) is 0.706. The van der Waals surface area contributed by atoms with E-state index >= 15 is 0 Å². The molecule has 2 N–H and O–H groups in total. The maximum atomic E-state index is 11.8. The fourth-order valence-corrected chi connectivity index (χ4v) is 1.92. The number of nitrogens with zero attached hydrogens (tertiary/aromatic N) is 2. The molecule has 1 fully saturated rings. The number of carbonyl (C=O) groups is 1. The molecule has 1 aromatic heterocycles. The third-order valence-corrected chi connectivity index (χ3v) is 2.87. The summed E-state index contributed by atoms with van der Waals surface area (Å²) in [5, 5.41) is 10.2. The Morgan fingerprint density at radius 3 is 3.25 bits per heavy atom. The van der Waals surface area contributed by atoms with E-state index in [0.29, 0.717) is 38.5 Å². The molecule has 0 aliphatic carbocycles. The molecular formula is C12H21ClN4O3. The molecule has 1 aliphatic rings. The van der Waals surface area contributed by atoms with Gasteiger partial charge in [-0.05, 0) is 0 Å². The third kappa shape index (κ3) is 5.46. The smallest absolute Gasteiger partial charge is 0.226 e. The molecule has 0 spiro atoms. The first kappa shape index (κ1) is 16.9. The Bertz CT molecular complexity index is 407. The summed E-state index contributed by atoms with van der Waals surface area (Å²) in [6.45, 7) is 3.36. The molecular weight excluding hydrogens is 284 g/mol. The van der Waals surface area contributed by atoms with E-state index in [1.165, 1.54) is 0 Å². The Morgan fingerprint density at radius 2 is 2.55 bits per heavy atom. The number of anilines is 1. The van der Waals surface area contributed by atoms with Gasteiger partial charge in [-0.2, -0.15) is 5.10 Å². The van der Waals surface area contributed by atoms with E-state index in [1.54, 1.807) is 24.2 Å². The number of ether oxygens (including phenoxy) is 2. The van der Waals surface area contributed by atoms with Gasteiger partial charge in [0.1, 0.15) is 0 Å². The molecule has 2 rings (SSSR count). The zero-order valence-electron chi connectivity index (χ0n) is 11.5. The molecule has 1 aliphatic heterocycles. The second kappa shape index (κ2) is 8.91. The zero-order valence-corrected chi connectivity index (χ0v) is 12.3. The molecule has 0 saturated carbocycles. The van der Waals surface area contributed by atoms with Crippen molar-refractivity contribution in [1.29, 1.82) is 0 Å². The van der Waals surface area contributed by atoms with Crippen molar-refractivity contribution in [3.05, 3.63) is 12.4 Å². The van der Waals surface area contributed by atoms with E-state index in [0.717, 1.165) is 6.54 Å². The van der Waals surface area contributed by atoms with Crippen LogP contribution < -0.4 is 10.6 Å². The van der Waals surface area contributed by atoms with Crippen LogP contribution in [0, 0.1) is 0 Å². The van der Waals surface area contributed by atoms with Gasteiger partial charge in [-0.15, -0.1) is 12.4 Å². The number of morpholine rings is 1. The Morgan fingerprint density at radius 1 is 1.70 bits per heavy atom. The minimum Gasteiger partial charge on any atom is -0.383 e. The van der Waals surface area contributed by atoms with Crippen molar-refractivity contribution >= 4 is 24.0 Å². The van der Waals surface area contributed by atoms with Gasteiger partial charge >= 0.3 is 0 Å². The van der Waals surface area contributed by atoms with Crippen molar-refractivity contribution in [2.45, 2.75) is 19.0 Å². The van der Waals surface area contributed by atoms with Crippen LogP contribution in [0.5, 0.6) is 0 Å². The van der Waals surface area contributed by atoms with Crippen molar-refractivity contribution in [1.82, 2.24) is 15.1 Å². The molecule has 1 unspecified atom stereocenters. The van der Waals surface area contributed by atoms with Gasteiger partial charge in [-0.25, -0.2) is 0 Å². The minimum atomic E-state index is -0.0331. The van der Waals surface area contributed by atoms with Crippen LogP contribution in [0.1, 0.15) is 6.42 Å². The number of methoxy groups -OCH3 is 1. The van der Waals surface area contributed by atoms with Gasteiger partial charge in [-0.3, -0.25) is 9.48 Å². The molecule has 0 bridgehead atoms. The number of rotatable bonds is 6. The lowest BCUT2D eigenvalue weighted by Gasteiger charge is -2.23. The predicted octanol–water partition coefficient (Wildman–Crippen LogP) is 0.268. The van der Waals surface area contributed by atoms with Crippen LogP contribution in [0.2, 0.25) is 0 Å². The van der Waals surface area contributed by atoms with Crippen molar-refractivity contribution in [3.63, 3.8) is 0 Å². The van der Waals surface area contributed by atoms with Crippen LogP contribution in [0.15, 0.2) is 12.4 Å². The largest absolute Gasteiger partial charge is 0.383 e. The van der Waals surface area contributed by atoms with Crippen LogP contribution in [0.4, 0.5) is 5.69 Å². The Hall–Kier alpha value is -1.15. The molecule has 0 radical (unpaired) electrons. The van der Waals surface area contributed by atoms with Gasteiger partial charge in [0.2, 0.25) is 5.91 Å². The minimum absolute atomic E-state index is 0. The highest BCUT2D eigenvalue weighted by molar-refractivity contribution is 5.90. The van der Waals surface area contributed by atoms with Crippen LogP contribution in [-0.4, -0.2) is 55.2 Å². The maximum absolute atomic E-state index is 11.8. The number of halogens is 1. The number of aromatic nitrogens is 2. The molecule has 1 aromatic rings. The van der Waals surface area contributed by atoms with E-state index in [2.05, 4.69) is 15.7 Å². The summed E-state index contributed by atoms with van der Waals surface area (Å²) in [6.07, 6.45) is 3.84. The first-order valence-corrected chi connectivity index (χ1v) is 6.40. The van der Waals surface area contributed by atoms with Gasteiger partial charge < -0.3 is 20.1 Å². The molecule has 7 nitrogen and oxygen atoms in total. The molecule has 0 aromatic carbocycles. The summed E-state index contributed by atoms with van der Waals surface area (Å²) in [5.74, 6) is -0.0331. The van der Waals surface area contributed by atoms with E-state index in [4.69, 9.17) is 9.47 Å². The Labute approximate surface area is 124 Å². The maximum Gasteiger partial charge on any atom is 0.226 e. The van der Waals surface area contributed by atoms with E-state index in [9.17, 15) is 4.79 Å². The average Bonchev–Trinajstić information content (AvgIpc) is 2.85. The monoisotopic (exact) mass is 304 g/mol. The fraction of sp³-hybridized carbons (Fsp3) is 0.667. The normalized spacial score (nSPS) is 18.4. The van der Waals surface area contributed by atoms with E-state index in [-0.39, 0.29) is 24.4 Å². The summed E-state index contributed by atoms with van der Waals surface area (Å²) in [7, 11) is 1.64. The average molecular weight is 305 g/mol. The van der Waals surface area contributed by atoms with Crippen LogP contribution >= 0.6 is 12.4 Å². The highest BCUT2D eigenvalue weighted by Gasteiger charge is 2.17. The summed E-state index contributed by atoms with van der Waals surface area (Å²) in [4.78, 5) is 11.8. The lowest BCUT2D eigenvalue weighted by molar-refractivity contribution is -0.117. The zero-order chi connectivity index (χ0) is 13.5. The van der Waals surface area contributed by atoms with Crippen molar-refractivity contribution in [3.8, 4) is 0 Å². The van der Waals surface area contributed by atoms with Gasteiger partial charge in [0.15, 0.2) is 0 Å². The van der Waals surface area contributed by atoms with Gasteiger partial charge in [0.05, 0.1) is 38.2 Å². The van der Waals surface area contributed by atoms with Gasteiger partial charge in [-0.1, -0.05) is 0 Å². The lowest BCUT2D eigenvalue weighted by Crippen LogP contribution is -2.43. The molecule has 1 atom stereocenters. The Kier molecular flexibility index (Phi) is 7.53. The van der Waals surface area contributed by atoms with E-state index in [1.807, 2.05) is 0 Å². The molecule has 1 saturated heterocycles. The van der Waals surface area contributed by atoms with Crippen LogP contribution in [0.3, 0.4) is 0 Å². The highest BCUT2D eigenvalue weighted by Crippen LogP contribution is 2.07. The van der Waals surface area contributed by atoms with Gasteiger partial charge in [0.25, 0.3) is 0 Å². The van der Waals surface area contributed by atoms with Crippen molar-refractivity contribution in [2.75, 3.05) is 38.8 Å². The van der Waals surface area contributed by atoms with Gasteiger partial charge in [0, 0.05) is 32.3 Å². The molecule has 20 heavy (non-hydrogen) atoms. The van der Waals surface area contributed by atoms with Crippen molar-refractivity contribution < 1.29 is 14.3 Å². The third-order valence-electron chi connectivity index (χ3n) is 2.87. The number of carbonyl (C=O) groups excluding carboxylic acids is 1. The topological polar surface area (TPSA) is 77.4 Å². The molecule has 2 heterocycles. The van der Waals surface area contributed by atoms with Crippen molar-refractivity contribution in [2.24, 2.45) is 0 Å². The number of hydrogen-bond acceptors (Lipinski definition) is 5. The lowest BCUT2D eigenvalue weighted by atomic mass is 10.2. The number of hydrogen-bond donors (Lipinski definition) is 2. The number of nitrogens with one attached hydrogen (secondary N) is 2. The predicted molar refractivity (Wildman–Crippen MR) is 77.2 cm³/mol. The highest BCUT2D eigenvalue weighted by atomic mass is 35.5. The quantitative estimate of drug-likeness (QED) is 0.789. The molecule has 1 amide bonds. The van der Waals surface area contributed by atoms with Crippen LogP contribution in [0.25, 0.3) is 0 Å². The fourth-order valence-electron chi connectivity index (χ4n) is 1.92. The van der Waals surface area contributed by atoms with Crippen LogP contribution in [-0.2, 0) is 20.8 Å². The summed E-state index contributed by atoms with van der Waals surface area (Å²) in [6, 6.07) is 0.0947. The molecule has 114 valence electrons. The standard InChI is InChI=1S/C12H20N4O3.ClH/c1-18-5-3-16-8-11(7-14-16)15-12(17)6-10-9-19-4-2-13-10;/h7-8,10,13H,2-6,9H2,1H3,(H,15,17);1H. The van der Waals surface area contributed by atoms with E-state index < -0.39 is 0 Å². The Balaban J connectivity index is 0.00000200. The summed E-state index contributed by atoms with van der Waals surface area (Å²) < 4.78 is 12.0. The second-order valence-electron chi connectivity index (χ2n) is 4.46. The molecule has 8 heteroatoms. The number of amides is 1. The second-order valence-corrected chi connectivity index (χ2v) is 4.46. The SMILES string of the molecule is COCCn1cc(NC(=O)CC2COCCN2)cn1.Cl. The first-order chi connectivity index (χ1) is 9.28. The first-order valence-electron chi connectivity index (χ1n) is 6.40. The summed E-state index contributed by atoms with van der Waals surface area (Å²) >= 11 is 0.